The molecule has 0 aliphatic carbocycles. The first-order valence-electron chi connectivity index (χ1n) is 11.3. The molecule has 1 N–H and O–H groups in total. The normalized spacial score (nSPS) is 14.1. The second-order valence-electron chi connectivity index (χ2n) is 8.59. The van der Waals surface area contributed by atoms with Crippen molar-refractivity contribution in [3.8, 4) is 5.75 Å². The van der Waals surface area contributed by atoms with E-state index >= 15 is 0 Å². The Labute approximate surface area is 194 Å². The zero-order valence-corrected chi connectivity index (χ0v) is 19.2. The molecule has 1 aliphatic rings. The van der Waals surface area contributed by atoms with Crippen LogP contribution >= 0.6 is 0 Å². The summed E-state index contributed by atoms with van der Waals surface area (Å²) < 4.78 is 19.3. The maximum atomic E-state index is 13.7. The number of nitrogens with zero attached hydrogens (tertiary/aromatic N) is 1. The average Bonchev–Trinajstić information content (AvgIpc) is 2.82. The number of ketones is 1. The molecule has 7 heteroatoms. The number of aryl methyl sites for hydroxylation is 2. The van der Waals surface area contributed by atoms with Gasteiger partial charge in [-0.15, -0.1) is 0 Å². The van der Waals surface area contributed by atoms with Gasteiger partial charge >= 0.3 is 0 Å². The van der Waals surface area contributed by atoms with Crippen molar-refractivity contribution in [1.29, 1.82) is 0 Å². The summed E-state index contributed by atoms with van der Waals surface area (Å²) in [5.41, 5.74) is 2.35. The van der Waals surface area contributed by atoms with E-state index in [-0.39, 0.29) is 42.5 Å². The number of rotatable bonds is 9. The van der Waals surface area contributed by atoms with Crippen LogP contribution in [0.5, 0.6) is 5.75 Å². The molecule has 176 valence electrons. The Morgan fingerprint density at radius 1 is 1.06 bits per heavy atom. The maximum Gasteiger partial charge on any atom is 0.260 e. The summed E-state index contributed by atoms with van der Waals surface area (Å²) in [6.45, 7) is 4.52. The standard InChI is InChI=1S/C26H31FN2O4/c1-18-3-5-21(15-24(18)27)16-28-26(32)22-11-13-29(14-12-22)25(31)17-33-23-9-7-20(8-10-23)6-4-19(2)30/h3,5,7-10,15,22H,4,6,11-14,16-17H2,1-2H3,(H,28,32). The molecule has 1 saturated heterocycles. The van der Waals surface area contributed by atoms with Gasteiger partial charge in [0, 0.05) is 32.0 Å². The Hall–Kier alpha value is -3.22. The van der Waals surface area contributed by atoms with Gasteiger partial charge in [-0.3, -0.25) is 9.59 Å². The molecule has 0 spiro atoms. The van der Waals surface area contributed by atoms with Crippen LogP contribution in [0.3, 0.4) is 0 Å². The maximum absolute atomic E-state index is 13.7. The number of benzene rings is 2. The number of Topliss-reactive ketones (excluding diaryl/α,β-unsaturated/α-hetero) is 1. The van der Waals surface area contributed by atoms with Crippen LogP contribution in [0.25, 0.3) is 0 Å². The number of carbonyl (C=O) groups is 3. The van der Waals surface area contributed by atoms with Gasteiger partial charge in [0.2, 0.25) is 5.91 Å². The Balaban J connectivity index is 1.38. The number of hydrogen-bond donors (Lipinski definition) is 1. The van der Waals surface area contributed by atoms with E-state index in [4.69, 9.17) is 4.74 Å². The summed E-state index contributed by atoms with van der Waals surface area (Å²) in [5.74, 6) is 0.155. The molecule has 33 heavy (non-hydrogen) atoms. The monoisotopic (exact) mass is 454 g/mol. The zero-order valence-electron chi connectivity index (χ0n) is 19.2. The smallest absolute Gasteiger partial charge is 0.260 e. The zero-order chi connectivity index (χ0) is 23.8. The number of amides is 2. The minimum atomic E-state index is -0.278. The Kier molecular flexibility index (Phi) is 8.58. The summed E-state index contributed by atoms with van der Waals surface area (Å²) in [6.07, 6.45) is 2.38. The lowest BCUT2D eigenvalue weighted by Gasteiger charge is -2.31. The SMILES string of the molecule is CC(=O)CCc1ccc(OCC(=O)N2CCC(C(=O)NCc3ccc(C)c(F)c3)CC2)cc1. The predicted molar refractivity (Wildman–Crippen MR) is 123 cm³/mol. The fourth-order valence-corrected chi connectivity index (χ4v) is 3.78. The van der Waals surface area contributed by atoms with Crippen molar-refractivity contribution in [2.75, 3.05) is 19.7 Å². The molecule has 1 aliphatic heterocycles. The molecule has 2 aromatic rings. The minimum absolute atomic E-state index is 0.0529. The number of nitrogens with one attached hydrogen (secondary N) is 1. The molecule has 1 fully saturated rings. The van der Waals surface area contributed by atoms with Crippen molar-refractivity contribution in [2.24, 2.45) is 5.92 Å². The number of hydrogen-bond acceptors (Lipinski definition) is 4. The summed E-state index contributed by atoms with van der Waals surface area (Å²) in [5, 5.41) is 2.87. The van der Waals surface area contributed by atoms with Gasteiger partial charge in [-0.05, 0) is 68.0 Å². The molecule has 0 atom stereocenters. The van der Waals surface area contributed by atoms with Gasteiger partial charge in [-0.1, -0.05) is 24.3 Å². The van der Waals surface area contributed by atoms with Crippen molar-refractivity contribution >= 4 is 17.6 Å². The molecule has 3 rings (SSSR count). The average molecular weight is 455 g/mol. The van der Waals surface area contributed by atoms with Crippen molar-refractivity contribution in [2.45, 2.75) is 46.1 Å². The van der Waals surface area contributed by atoms with E-state index in [9.17, 15) is 18.8 Å². The fourth-order valence-electron chi connectivity index (χ4n) is 3.78. The van der Waals surface area contributed by atoms with E-state index in [0.717, 1.165) is 11.1 Å². The van der Waals surface area contributed by atoms with Crippen LogP contribution in [-0.2, 0) is 27.3 Å². The van der Waals surface area contributed by atoms with Crippen LogP contribution in [0.2, 0.25) is 0 Å². The highest BCUT2D eigenvalue weighted by molar-refractivity contribution is 5.80. The highest BCUT2D eigenvalue weighted by Gasteiger charge is 2.27. The Morgan fingerprint density at radius 2 is 1.73 bits per heavy atom. The molecule has 0 saturated carbocycles. The van der Waals surface area contributed by atoms with Crippen LogP contribution in [-0.4, -0.2) is 42.2 Å². The van der Waals surface area contributed by atoms with Crippen molar-refractivity contribution in [3.63, 3.8) is 0 Å². The molecule has 2 amide bonds. The Morgan fingerprint density at radius 3 is 2.36 bits per heavy atom. The van der Waals surface area contributed by atoms with Gasteiger partial charge in [0.25, 0.3) is 5.91 Å². The lowest BCUT2D eigenvalue weighted by Crippen LogP contribution is -2.44. The van der Waals surface area contributed by atoms with E-state index < -0.39 is 0 Å². The van der Waals surface area contributed by atoms with Gasteiger partial charge < -0.3 is 19.7 Å². The first-order valence-corrected chi connectivity index (χ1v) is 11.3. The minimum Gasteiger partial charge on any atom is -0.484 e. The summed E-state index contributed by atoms with van der Waals surface area (Å²) in [4.78, 5) is 37.8. The second-order valence-corrected chi connectivity index (χ2v) is 8.59. The molecule has 6 nitrogen and oxygen atoms in total. The third-order valence-electron chi connectivity index (χ3n) is 5.97. The van der Waals surface area contributed by atoms with Gasteiger partial charge in [-0.2, -0.15) is 0 Å². The second kappa shape index (κ2) is 11.6. The number of carbonyl (C=O) groups excluding carboxylic acids is 3. The first-order chi connectivity index (χ1) is 15.8. The first kappa shape index (κ1) is 24.4. The highest BCUT2D eigenvalue weighted by atomic mass is 19.1. The van der Waals surface area contributed by atoms with E-state index in [0.29, 0.717) is 50.1 Å². The third-order valence-corrected chi connectivity index (χ3v) is 5.97. The predicted octanol–water partition coefficient (Wildman–Crippen LogP) is 3.59. The van der Waals surface area contributed by atoms with Crippen LogP contribution < -0.4 is 10.1 Å². The van der Waals surface area contributed by atoms with E-state index in [2.05, 4.69) is 5.32 Å². The molecule has 1 heterocycles. The molecule has 2 aromatic carbocycles. The molecule has 0 aromatic heterocycles. The lowest BCUT2D eigenvalue weighted by molar-refractivity contribution is -0.137. The van der Waals surface area contributed by atoms with E-state index in [1.807, 2.05) is 12.1 Å². The number of likely N-dealkylation sites (tertiary alicyclic amines) is 1. The van der Waals surface area contributed by atoms with Gasteiger partial charge in [0.1, 0.15) is 17.3 Å². The van der Waals surface area contributed by atoms with Crippen LogP contribution in [0.15, 0.2) is 42.5 Å². The van der Waals surface area contributed by atoms with Gasteiger partial charge in [-0.25, -0.2) is 4.39 Å². The topological polar surface area (TPSA) is 75.7 Å². The molecule has 0 unspecified atom stereocenters. The van der Waals surface area contributed by atoms with Crippen LogP contribution in [0.4, 0.5) is 4.39 Å². The van der Waals surface area contributed by atoms with Gasteiger partial charge in [0.05, 0.1) is 0 Å². The highest BCUT2D eigenvalue weighted by Crippen LogP contribution is 2.19. The largest absolute Gasteiger partial charge is 0.484 e. The summed E-state index contributed by atoms with van der Waals surface area (Å²) in [7, 11) is 0. The van der Waals surface area contributed by atoms with Crippen LogP contribution in [0.1, 0.15) is 42.9 Å². The van der Waals surface area contributed by atoms with Gasteiger partial charge in [0.15, 0.2) is 6.61 Å². The summed E-state index contributed by atoms with van der Waals surface area (Å²) in [6, 6.07) is 12.4. The number of halogens is 1. The quantitative estimate of drug-likeness (QED) is 0.628. The van der Waals surface area contributed by atoms with Crippen molar-refractivity contribution < 1.29 is 23.5 Å². The van der Waals surface area contributed by atoms with E-state index in [1.165, 1.54) is 6.07 Å². The van der Waals surface area contributed by atoms with Crippen LogP contribution in [0, 0.1) is 18.7 Å². The van der Waals surface area contributed by atoms with Crippen molar-refractivity contribution in [1.82, 2.24) is 10.2 Å². The number of ether oxygens (including phenoxy) is 1. The molecular weight excluding hydrogens is 423 g/mol. The Bertz CT molecular complexity index is 982. The summed E-state index contributed by atoms with van der Waals surface area (Å²) >= 11 is 0. The third kappa shape index (κ3) is 7.41. The molecule has 0 bridgehead atoms. The van der Waals surface area contributed by atoms with E-state index in [1.54, 1.807) is 43.0 Å². The fraction of sp³-hybridized carbons (Fsp3) is 0.423. The lowest BCUT2D eigenvalue weighted by atomic mass is 9.95. The number of piperidine rings is 1. The van der Waals surface area contributed by atoms with Crippen molar-refractivity contribution in [3.05, 3.63) is 65.0 Å². The molecular formula is C26H31FN2O4. The molecule has 0 radical (unpaired) electrons.